The Kier molecular flexibility index (Phi) is 4.83. The first kappa shape index (κ1) is 22.4. The lowest BCUT2D eigenvalue weighted by atomic mass is 9.86. The molecule has 0 aromatic carbocycles. The Labute approximate surface area is 220 Å². The minimum atomic E-state index is -0.222. The highest BCUT2D eigenvalue weighted by Crippen LogP contribution is 2.37. The van der Waals surface area contributed by atoms with Gasteiger partial charge in [-0.25, -0.2) is 4.52 Å². The van der Waals surface area contributed by atoms with Crippen LogP contribution in [0.1, 0.15) is 31.4 Å². The van der Waals surface area contributed by atoms with Crippen molar-refractivity contribution in [3.8, 4) is 10.4 Å². The molecular formula is C26H26N8O3S. The molecule has 1 amide bonds. The maximum atomic E-state index is 13.2. The quantitative estimate of drug-likeness (QED) is 0.366. The number of ether oxygens (including phenoxy) is 1. The van der Waals surface area contributed by atoms with Crippen LogP contribution < -0.4 is 10.9 Å². The van der Waals surface area contributed by atoms with Gasteiger partial charge in [-0.05, 0) is 38.2 Å². The van der Waals surface area contributed by atoms with E-state index >= 15 is 0 Å². The Hall–Kier alpha value is -3.61. The minimum absolute atomic E-state index is 0.0496. The van der Waals surface area contributed by atoms with Crippen LogP contribution in [-0.4, -0.2) is 72.0 Å². The second kappa shape index (κ2) is 8.19. The van der Waals surface area contributed by atoms with Crippen LogP contribution in [0, 0.1) is 0 Å². The van der Waals surface area contributed by atoms with Crippen LogP contribution in [0.25, 0.3) is 37.2 Å². The number of fused-ring (bicyclic) bond motifs is 6. The number of aromatic amines is 1. The molecule has 2 N–H and O–H groups in total. The summed E-state index contributed by atoms with van der Waals surface area (Å²) in [5, 5.41) is 12.7. The standard InChI is InChI=1S/C26H26N8O3S/c35-20(12-32-13-26(14-32)5-1-2-7-37-26)29-15-8-17-22(27-9-15)23-21(24(36)30-17)25-34(31-23)11-19(38-25)16-10-28-33-6-3-4-18(16)33/h8-11H,1-7,12-14H2,(H,29,35)(H,30,36). The van der Waals surface area contributed by atoms with Gasteiger partial charge in [0.2, 0.25) is 5.91 Å². The molecule has 11 nitrogen and oxygen atoms in total. The number of hydrogen-bond acceptors (Lipinski definition) is 8. The topological polar surface area (TPSA) is 122 Å². The van der Waals surface area contributed by atoms with Gasteiger partial charge in [-0.15, -0.1) is 11.3 Å². The maximum absolute atomic E-state index is 13.2. The summed E-state index contributed by atoms with van der Waals surface area (Å²) >= 11 is 1.54. The number of carbonyl (C=O) groups is 1. The fourth-order valence-corrected chi connectivity index (χ4v) is 7.38. The predicted octanol–water partition coefficient (Wildman–Crippen LogP) is 2.79. The first-order valence-electron chi connectivity index (χ1n) is 13.1. The van der Waals surface area contributed by atoms with Crippen molar-refractivity contribution in [2.24, 2.45) is 0 Å². The molecule has 0 saturated carbocycles. The zero-order chi connectivity index (χ0) is 25.4. The van der Waals surface area contributed by atoms with Crippen LogP contribution in [0.2, 0.25) is 0 Å². The van der Waals surface area contributed by atoms with E-state index in [4.69, 9.17) is 9.84 Å². The molecule has 38 heavy (non-hydrogen) atoms. The summed E-state index contributed by atoms with van der Waals surface area (Å²) in [6, 6.07) is 1.75. The number of nitrogens with one attached hydrogen (secondary N) is 2. The molecule has 194 valence electrons. The number of amides is 1. The first-order chi connectivity index (χ1) is 18.6. The average molecular weight is 531 g/mol. The zero-order valence-electron chi connectivity index (χ0n) is 20.7. The van der Waals surface area contributed by atoms with Crippen molar-refractivity contribution in [2.45, 2.75) is 44.2 Å². The van der Waals surface area contributed by atoms with Crippen LogP contribution in [0.3, 0.4) is 0 Å². The molecule has 0 atom stereocenters. The Morgan fingerprint density at radius 2 is 2.13 bits per heavy atom. The molecule has 12 heteroatoms. The summed E-state index contributed by atoms with van der Waals surface area (Å²) in [6.45, 7) is 3.67. The molecular weight excluding hydrogens is 504 g/mol. The van der Waals surface area contributed by atoms with E-state index < -0.39 is 0 Å². The maximum Gasteiger partial charge on any atom is 0.261 e. The number of likely N-dealkylation sites (tertiary alicyclic amines) is 1. The minimum Gasteiger partial charge on any atom is -0.372 e. The smallest absolute Gasteiger partial charge is 0.261 e. The molecule has 5 aromatic heterocycles. The number of hydrogen-bond donors (Lipinski definition) is 2. The highest BCUT2D eigenvalue weighted by Gasteiger charge is 2.45. The van der Waals surface area contributed by atoms with Gasteiger partial charge in [0.15, 0.2) is 0 Å². The lowest BCUT2D eigenvalue weighted by Gasteiger charge is -2.51. The third-order valence-corrected chi connectivity index (χ3v) is 9.14. The Balaban J connectivity index is 1.05. The number of pyridine rings is 2. The van der Waals surface area contributed by atoms with Crippen molar-refractivity contribution < 1.29 is 9.53 Å². The van der Waals surface area contributed by atoms with E-state index in [1.54, 1.807) is 28.1 Å². The van der Waals surface area contributed by atoms with Crippen molar-refractivity contribution in [3.05, 3.63) is 40.7 Å². The van der Waals surface area contributed by atoms with E-state index in [0.29, 0.717) is 34.2 Å². The summed E-state index contributed by atoms with van der Waals surface area (Å²) < 4.78 is 9.78. The van der Waals surface area contributed by atoms with Gasteiger partial charge in [0, 0.05) is 43.7 Å². The molecule has 3 aliphatic heterocycles. The average Bonchev–Trinajstić information content (AvgIpc) is 3.64. The summed E-state index contributed by atoms with van der Waals surface area (Å²) in [5.74, 6) is -0.109. The van der Waals surface area contributed by atoms with Crippen LogP contribution in [0.4, 0.5) is 5.69 Å². The van der Waals surface area contributed by atoms with Crippen molar-refractivity contribution in [1.29, 1.82) is 0 Å². The van der Waals surface area contributed by atoms with E-state index in [1.807, 2.05) is 12.4 Å². The van der Waals surface area contributed by atoms with Gasteiger partial charge in [-0.1, -0.05) is 0 Å². The summed E-state index contributed by atoms with van der Waals surface area (Å²) in [5.41, 5.74) is 4.32. The van der Waals surface area contributed by atoms with E-state index in [1.165, 1.54) is 12.1 Å². The number of anilines is 1. The van der Waals surface area contributed by atoms with Crippen molar-refractivity contribution >= 4 is 49.7 Å². The number of thiazole rings is 1. The molecule has 2 saturated heterocycles. The number of nitrogens with zero attached hydrogens (tertiary/aromatic N) is 6. The van der Waals surface area contributed by atoms with E-state index in [-0.39, 0.29) is 17.1 Å². The van der Waals surface area contributed by atoms with Crippen LogP contribution in [0.5, 0.6) is 0 Å². The molecule has 0 bridgehead atoms. The number of aromatic nitrogens is 6. The SMILES string of the molecule is O=C(CN1CC2(CCCCO2)C1)Nc1cnc2c(c1)[nH]c(=O)c1c2nn2cc(-c3cnn4c3CCC4)sc12. The lowest BCUT2D eigenvalue weighted by molar-refractivity contribution is -0.167. The second-order valence-electron chi connectivity index (χ2n) is 10.7. The normalized spacial score (nSPS) is 18.9. The van der Waals surface area contributed by atoms with E-state index in [2.05, 4.69) is 30.0 Å². The van der Waals surface area contributed by atoms with Crippen molar-refractivity contribution in [2.75, 3.05) is 31.6 Å². The fraction of sp³-hybridized carbons (Fsp3) is 0.423. The highest BCUT2D eigenvalue weighted by atomic mass is 32.1. The van der Waals surface area contributed by atoms with Gasteiger partial charge in [0.1, 0.15) is 21.3 Å². The van der Waals surface area contributed by atoms with Crippen molar-refractivity contribution in [1.82, 2.24) is 34.3 Å². The van der Waals surface area contributed by atoms with E-state index in [0.717, 1.165) is 67.2 Å². The van der Waals surface area contributed by atoms with Gasteiger partial charge < -0.3 is 15.0 Å². The van der Waals surface area contributed by atoms with Crippen LogP contribution in [0.15, 0.2) is 29.5 Å². The van der Waals surface area contributed by atoms with Gasteiger partial charge in [-0.2, -0.15) is 10.2 Å². The Morgan fingerprint density at radius 3 is 3.00 bits per heavy atom. The van der Waals surface area contributed by atoms with Crippen LogP contribution >= 0.6 is 11.3 Å². The van der Waals surface area contributed by atoms with Gasteiger partial charge in [-0.3, -0.25) is 24.2 Å². The van der Waals surface area contributed by atoms with Crippen molar-refractivity contribution in [3.63, 3.8) is 0 Å². The van der Waals surface area contributed by atoms with Gasteiger partial charge in [0.25, 0.3) is 5.56 Å². The third-order valence-electron chi connectivity index (χ3n) is 8.01. The monoisotopic (exact) mass is 530 g/mol. The lowest BCUT2D eigenvalue weighted by Crippen LogP contribution is -2.65. The Morgan fingerprint density at radius 1 is 1.21 bits per heavy atom. The van der Waals surface area contributed by atoms with Gasteiger partial charge in [0.05, 0.1) is 40.6 Å². The molecule has 8 rings (SSSR count). The summed E-state index contributed by atoms with van der Waals surface area (Å²) in [6.07, 6.45) is 11.0. The second-order valence-corrected chi connectivity index (χ2v) is 11.7. The first-order valence-corrected chi connectivity index (χ1v) is 13.9. The fourth-order valence-electron chi connectivity index (χ4n) is 6.26. The summed E-state index contributed by atoms with van der Waals surface area (Å²) in [7, 11) is 0. The van der Waals surface area contributed by atoms with Crippen LogP contribution in [-0.2, 0) is 22.5 Å². The molecule has 8 heterocycles. The highest BCUT2D eigenvalue weighted by molar-refractivity contribution is 7.21. The summed E-state index contributed by atoms with van der Waals surface area (Å²) in [4.78, 5) is 37.3. The zero-order valence-corrected chi connectivity index (χ0v) is 21.5. The molecule has 1 spiro atoms. The molecule has 2 fully saturated rings. The molecule has 0 unspecified atom stereocenters. The number of H-pyrrole nitrogens is 1. The number of carbonyl (C=O) groups excluding carboxylic acids is 1. The molecule has 0 aliphatic carbocycles. The predicted molar refractivity (Wildman–Crippen MR) is 144 cm³/mol. The molecule has 0 radical (unpaired) electrons. The largest absolute Gasteiger partial charge is 0.372 e. The molecule has 3 aliphatic rings. The Bertz CT molecular complexity index is 1800. The number of aryl methyl sites for hydroxylation is 1. The number of rotatable bonds is 4. The third kappa shape index (κ3) is 3.44. The van der Waals surface area contributed by atoms with E-state index in [9.17, 15) is 9.59 Å². The molecule has 5 aromatic rings. The van der Waals surface area contributed by atoms with Gasteiger partial charge >= 0.3 is 0 Å².